The minimum Gasteiger partial charge on any atom is -0.507 e. The van der Waals surface area contributed by atoms with Crippen molar-refractivity contribution >= 4 is 34.6 Å². The van der Waals surface area contributed by atoms with Gasteiger partial charge in [0, 0.05) is 80.7 Å². The van der Waals surface area contributed by atoms with Crippen LogP contribution >= 0.6 is 0 Å². The highest BCUT2D eigenvalue weighted by atomic mass is 19.4. The van der Waals surface area contributed by atoms with Gasteiger partial charge < -0.3 is 21.1 Å². The number of carbonyl (C=O) groups is 3. The number of anilines is 1. The van der Waals surface area contributed by atoms with Gasteiger partial charge in [-0.3, -0.25) is 24.2 Å². The van der Waals surface area contributed by atoms with E-state index in [1.54, 1.807) is 42.5 Å². The molecule has 4 aromatic carbocycles. The molecule has 0 saturated carbocycles. The Hall–Kier alpha value is -6.40. The molecule has 330 valence electrons. The first-order valence-corrected chi connectivity index (χ1v) is 18.6. The zero-order valence-corrected chi connectivity index (χ0v) is 32.6. The third-order valence-corrected chi connectivity index (χ3v) is 9.15. The molecule has 0 amide bonds. The maximum Gasteiger partial charge on any atom is 0.454 e. The molecule has 0 atom stereocenters. The van der Waals surface area contributed by atoms with Crippen LogP contribution in [0, 0.1) is 0 Å². The number of rotatable bonds is 19. The van der Waals surface area contributed by atoms with E-state index in [1.165, 1.54) is 42.5 Å². The Morgan fingerprint density at radius 2 is 0.952 bits per heavy atom. The van der Waals surface area contributed by atoms with Crippen molar-refractivity contribution in [3.8, 4) is 0 Å². The normalized spacial score (nSPS) is 13.2. The van der Waals surface area contributed by atoms with Crippen LogP contribution in [0.15, 0.2) is 121 Å². The second-order valence-electron chi connectivity index (χ2n) is 14.2. The molecule has 0 fully saturated rings. The number of aliphatic hydroxyl groups is 3. The van der Waals surface area contributed by atoms with Crippen LogP contribution in [0.4, 0.5) is 45.2 Å². The number of halogens is 9. The van der Waals surface area contributed by atoms with Crippen LogP contribution in [0.25, 0.3) is 11.5 Å². The summed E-state index contributed by atoms with van der Waals surface area (Å²) in [7, 11) is 0. The van der Waals surface area contributed by atoms with E-state index >= 15 is 0 Å². The Labute approximate surface area is 349 Å². The molecule has 0 aliphatic carbocycles. The lowest BCUT2D eigenvalue weighted by Gasteiger charge is -2.28. The van der Waals surface area contributed by atoms with E-state index in [0.29, 0.717) is 40.9 Å². The molecule has 0 radical (unpaired) electrons. The number of hydrogen-bond donors (Lipinski definition) is 4. The fourth-order valence-corrected chi connectivity index (χ4v) is 6.07. The first-order valence-electron chi connectivity index (χ1n) is 18.6. The largest absolute Gasteiger partial charge is 0.507 e. The average Bonchev–Trinajstić information content (AvgIpc) is 3.18. The third-order valence-electron chi connectivity index (χ3n) is 9.15. The molecule has 0 aliphatic rings. The monoisotopic (exact) mass is 877 g/mol. The van der Waals surface area contributed by atoms with Crippen LogP contribution in [0.3, 0.4) is 0 Å². The molecule has 4 aromatic rings. The highest BCUT2D eigenvalue weighted by Crippen LogP contribution is 2.25. The highest BCUT2D eigenvalue weighted by Gasteiger charge is 2.38. The second-order valence-corrected chi connectivity index (χ2v) is 14.2. The molecule has 0 aliphatic heterocycles. The highest BCUT2D eigenvalue weighted by molar-refractivity contribution is 5.99. The van der Waals surface area contributed by atoms with E-state index in [9.17, 15) is 69.2 Å². The number of allylic oxidation sites excluding steroid dienone is 4. The van der Waals surface area contributed by atoms with Crippen molar-refractivity contribution < 1.29 is 69.2 Å². The maximum atomic E-state index is 12.9. The van der Waals surface area contributed by atoms with Crippen LogP contribution in [0.5, 0.6) is 0 Å². The van der Waals surface area contributed by atoms with Crippen molar-refractivity contribution in [3.63, 3.8) is 0 Å². The summed E-state index contributed by atoms with van der Waals surface area (Å²) in [6.45, 7) is 1.36. The second kappa shape index (κ2) is 20.9. The van der Waals surface area contributed by atoms with Crippen LogP contribution in [-0.4, -0.2) is 80.6 Å². The number of alkyl halides is 9. The van der Waals surface area contributed by atoms with E-state index in [2.05, 4.69) is 0 Å². The van der Waals surface area contributed by atoms with Gasteiger partial charge in [0.15, 0.2) is 5.78 Å². The molecule has 5 N–H and O–H groups in total. The van der Waals surface area contributed by atoms with E-state index in [4.69, 9.17) is 5.73 Å². The Kier molecular flexibility index (Phi) is 16.3. The van der Waals surface area contributed by atoms with Crippen molar-refractivity contribution in [3.05, 3.63) is 160 Å². The van der Waals surface area contributed by atoms with Crippen molar-refractivity contribution in [2.45, 2.75) is 51.0 Å². The Morgan fingerprint density at radius 3 is 1.44 bits per heavy atom. The molecule has 0 aromatic heterocycles. The predicted octanol–water partition coefficient (Wildman–Crippen LogP) is 9.19. The van der Waals surface area contributed by atoms with Gasteiger partial charge >= 0.3 is 18.5 Å². The smallest absolute Gasteiger partial charge is 0.454 e. The quantitative estimate of drug-likeness (QED) is 0.0314. The average molecular weight is 878 g/mol. The zero-order valence-electron chi connectivity index (χ0n) is 32.6. The maximum absolute atomic E-state index is 12.9. The van der Waals surface area contributed by atoms with Crippen LogP contribution in [0.1, 0.15) is 38.9 Å². The molecular formula is C44H40F9N3O6. The Morgan fingerprint density at radius 1 is 0.516 bits per heavy atom. The lowest BCUT2D eigenvalue weighted by Crippen LogP contribution is -2.35. The standard InChI is InChI=1S/C44H40F9N3O6/c45-42(46,47)39(60)22-36(57)21-29-4-1-5-30(18-29)26-56(27-32-7-3-9-34(20-32)38(59)24-41(62)44(51,52)53)17-16-55(15-14-28-10-12-35(54)13-11-28)25-31-6-2-8-33(19-31)37(58)23-40(61)43(48,49)50/h1-13,18-20,22-24,58-60H,14-17,21,25-27,54H2/b37-23?,38-24?,39-22-. The number of ketones is 3. The van der Waals surface area contributed by atoms with Gasteiger partial charge in [-0.05, 0) is 58.5 Å². The topological polar surface area (TPSA) is 144 Å². The lowest BCUT2D eigenvalue weighted by atomic mass is 10.0. The van der Waals surface area contributed by atoms with E-state index in [0.717, 1.165) is 5.56 Å². The Bertz CT molecular complexity index is 2300. The summed E-state index contributed by atoms with van der Waals surface area (Å²) in [5.74, 6) is -9.39. The zero-order chi connectivity index (χ0) is 45.8. The number of benzene rings is 4. The number of carbonyl (C=O) groups excluding carboxylic acids is 3. The fraction of sp³-hybridized carbons (Fsp3) is 0.250. The minimum absolute atomic E-state index is 0.0446. The first-order chi connectivity index (χ1) is 29.0. The molecule has 0 bridgehead atoms. The lowest BCUT2D eigenvalue weighted by molar-refractivity contribution is -0.165. The number of hydrogen-bond acceptors (Lipinski definition) is 9. The van der Waals surface area contributed by atoms with Crippen molar-refractivity contribution in [2.75, 3.05) is 25.4 Å². The van der Waals surface area contributed by atoms with E-state index < -0.39 is 59.6 Å². The van der Waals surface area contributed by atoms with Gasteiger partial charge in [0.25, 0.3) is 11.6 Å². The molecule has 0 unspecified atom stereocenters. The minimum atomic E-state index is -5.22. The number of aliphatic hydroxyl groups excluding tert-OH is 3. The predicted molar refractivity (Wildman–Crippen MR) is 212 cm³/mol. The van der Waals surface area contributed by atoms with E-state index in [-0.39, 0.29) is 62.1 Å². The first kappa shape index (κ1) is 48.3. The number of nitrogens with two attached hydrogens (primary N) is 1. The van der Waals surface area contributed by atoms with Crippen molar-refractivity contribution in [1.82, 2.24) is 9.80 Å². The van der Waals surface area contributed by atoms with Crippen LogP contribution < -0.4 is 5.73 Å². The summed E-state index contributed by atoms with van der Waals surface area (Å²) < 4.78 is 116. The molecule has 4 rings (SSSR count). The van der Waals surface area contributed by atoms with Crippen LogP contribution in [0.2, 0.25) is 0 Å². The van der Waals surface area contributed by atoms with Gasteiger partial charge in [-0.2, -0.15) is 39.5 Å². The molecule has 0 heterocycles. The SMILES string of the molecule is Nc1ccc(CCN(CCN(Cc2cccc(CC(=O)/C=C(\O)C(F)(F)F)c2)Cc2cccc(C(O)=CC(=O)C(F)(F)F)c2)Cc2cccc(C(O)=CC(=O)C(F)(F)F)c2)cc1. The Balaban J connectivity index is 1.66. The van der Waals surface area contributed by atoms with Crippen molar-refractivity contribution in [2.24, 2.45) is 0 Å². The molecule has 9 nitrogen and oxygen atoms in total. The summed E-state index contributed by atoms with van der Waals surface area (Å²) in [6.07, 6.45) is -15.3. The third kappa shape index (κ3) is 15.6. The summed E-state index contributed by atoms with van der Waals surface area (Å²) in [5, 5.41) is 30.0. The van der Waals surface area contributed by atoms with E-state index in [1.807, 2.05) is 21.9 Å². The van der Waals surface area contributed by atoms with Gasteiger partial charge in [0.05, 0.1) is 0 Å². The summed E-state index contributed by atoms with van der Waals surface area (Å²) >= 11 is 0. The fourth-order valence-electron chi connectivity index (χ4n) is 6.07. The van der Waals surface area contributed by atoms with Gasteiger partial charge in [0.2, 0.25) is 5.76 Å². The molecule has 62 heavy (non-hydrogen) atoms. The molecule has 0 saturated heterocycles. The molecule has 0 spiro atoms. The summed E-state index contributed by atoms with van der Waals surface area (Å²) in [5.41, 5.74) is 9.12. The van der Waals surface area contributed by atoms with Crippen molar-refractivity contribution in [1.29, 1.82) is 0 Å². The molecule has 18 heteroatoms. The van der Waals surface area contributed by atoms with Gasteiger partial charge in [-0.15, -0.1) is 0 Å². The number of nitrogens with zero attached hydrogens (tertiary/aromatic N) is 2. The van der Waals surface area contributed by atoms with Gasteiger partial charge in [-0.1, -0.05) is 72.8 Å². The number of nitrogen functional groups attached to an aromatic ring is 1. The summed E-state index contributed by atoms with van der Waals surface area (Å²) in [4.78, 5) is 39.3. The van der Waals surface area contributed by atoms with Crippen LogP contribution in [-0.2, 0) is 46.9 Å². The molecular weight excluding hydrogens is 837 g/mol. The van der Waals surface area contributed by atoms with Gasteiger partial charge in [0.1, 0.15) is 11.5 Å². The van der Waals surface area contributed by atoms with Gasteiger partial charge in [-0.25, -0.2) is 0 Å². The summed E-state index contributed by atoms with van der Waals surface area (Å²) in [6, 6.07) is 25.1.